The van der Waals surface area contributed by atoms with Crippen molar-refractivity contribution in [2.75, 3.05) is 0 Å². The van der Waals surface area contributed by atoms with Gasteiger partial charge in [-0.2, -0.15) is 13.5 Å². The number of sulfonamides is 1. The molecule has 0 saturated heterocycles. The molecule has 0 spiro atoms. The van der Waals surface area contributed by atoms with Crippen molar-refractivity contribution in [2.24, 2.45) is 5.10 Å². The Hall–Kier alpha value is -3.16. The first-order valence-electron chi connectivity index (χ1n) is 8.12. The van der Waals surface area contributed by atoms with Gasteiger partial charge in [0.05, 0.1) is 21.7 Å². The molecule has 8 heteroatoms. The lowest BCUT2D eigenvalue weighted by molar-refractivity contribution is 0.0735. The molecule has 0 fully saturated rings. The summed E-state index contributed by atoms with van der Waals surface area (Å²) in [7, 11) is -3.72. The highest BCUT2D eigenvalue weighted by Gasteiger charge is 2.12. The van der Waals surface area contributed by atoms with E-state index >= 15 is 0 Å². The first-order valence-corrected chi connectivity index (χ1v) is 9.98. The Bertz CT molecular complexity index is 1100. The van der Waals surface area contributed by atoms with Crippen molar-refractivity contribution in [1.29, 1.82) is 0 Å². The van der Waals surface area contributed by atoms with Gasteiger partial charge in [-0.3, -0.25) is 0 Å². The Morgan fingerprint density at radius 3 is 2.25 bits per heavy atom. The number of rotatable bonds is 6. The predicted octanol–water partition coefficient (Wildman–Crippen LogP) is 3.87. The van der Waals surface area contributed by atoms with Crippen LogP contribution in [0, 0.1) is 0 Å². The molecule has 3 aromatic rings. The van der Waals surface area contributed by atoms with E-state index in [1.165, 1.54) is 18.3 Å². The maximum Gasteiger partial charge on any atom is 0.345 e. The van der Waals surface area contributed by atoms with Gasteiger partial charge in [0.25, 0.3) is 10.0 Å². The summed E-state index contributed by atoms with van der Waals surface area (Å²) in [5.41, 5.74) is 0.887. The summed E-state index contributed by atoms with van der Waals surface area (Å²) < 4.78 is 29.4. The second kappa shape index (κ2) is 8.69. The fraction of sp³-hybridized carbons (Fsp3) is 0. The van der Waals surface area contributed by atoms with Gasteiger partial charge in [-0.15, -0.1) is 0 Å². The summed E-state index contributed by atoms with van der Waals surface area (Å²) in [6.07, 6.45) is 1.35. The van der Waals surface area contributed by atoms with Gasteiger partial charge in [-0.05, 0) is 54.1 Å². The fourth-order valence-corrected chi connectivity index (χ4v) is 3.26. The minimum absolute atomic E-state index is 0.119. The molecule has 1 N–H and O–H groups in total. The van der Waals surface area contributed by atoms with Crippen LogP contribution in [0.3, 0.4) is 0 Å². The molecule has 0 aromatic heterocycles. The van der Waals surface area contributed by atoms with Gasteiger partial charge < -0.3 is 4.74 Å². The van der Waals surface area contributed by atoms with Crippen molar-refractivity contribution >= 4 is 33.8 Å². The Morgan fingerprint density at radius 1 is 0.929 bits per heavy atom. The molecular weight excluding hydrogens is 400 g/mol. The zero-order chi connectivity index (χ0) is 20.0. The predicted molar refractivity (Wildman–Crippen MR) is 107 cm³/mol. The van der Waals surface area contributed by atoms with E-state index in [9.17, 15) is 13.2 Å². The minimum Gasteiger partial charge on any atom is -0.423 e. The first kappa shape index (κ1) is 19.6. The highest BCUT2D eigenvalue weighted by atomic mass is 35.5. The highest BCUT2D eigenvalue weighted by molar-refractivity contribution is 7.89. The molecule has 0 bridgehead atoms. The van der Waals surface area contributed by atoms with E-state index in [2.05, 4.69) is 9.93 Å². The molecule has 28 heavy (non-hydrogen) atoms. The molecule has 0 aliphatic heterocycles. The molecule has 0 amide bonds. The van der Waals surface area contributed by atoms with Crippen LogP contribution < -0.4 is 9.57 Å². The molecule has 0 radical (unpaired) electrons. The van der Waals surface area contributed by atoms with Crippen molar-refractivity contribution in [3.05, 3.63) is 95.0 Å². The van der Waals surface area contributed by atoms with Gasteiger partial charge in [0, 0.05) is 0 Å². The van der Waals surface area contributed by atoms with E-state index in [0.29, 0.717) is 16.3 Å². The van der Waals surface area contributed by atoms with Gasteiger partial charge in [-0.1, -0.05) is 41.9 Å². The average molecular weight is 415 g/mol. The molecule has 0 aliphatic carbocycles. The maximum absolute atomic E-state index is 12.1. The van der Waals surface area contributed by atoms with E-state index < -0.39 is 16.0 Å². The number of carbonyl (C=O) groups excluding carboxylic acids is 1. The van der Waals surface area contributed by atoms with E-state index in [0.717, 1.165) is 0 Å². The lowest BCUT2D eigenvalue weighted by Crippen LogP contribution is -2.18. The second-order valence-corrected chi connectivity index (χ2v) is 7.67. The van der Waals surface area contributed by atoms with Crippen molar-refractivity contribution in [1.82, 2.24) is 4.83 Å². The summed E-state index contributed by atoms with van der Waals surface area (Å²) in [5.74, 6) is -0.241. The van der Waals surface area contributed by atoms with Crippen LogP contribution in [0.5, 0.6) is 5.75 Å². The molecule has 6 nitrogen and oxygen atoms in total. The second-order valence-electron chi connectivity index (χ2n) is 5.60. The number of ether oxygens (including phenoxy) is 1. The molecule has 0 aliphatic rings. The largest absolute Gasteiger partial charge is 0.423 e. The molecule has 0 heterocycles. The average Bonchev–Trinajstić information content (AvgIpc) is 2.70. The normalized spacial score (nSPS) is 11.3. The van der Waals surface area contributed by atoms with E-state index in [1.807, 2.05) is 0 Å². The van der Waals surface area contributed by atoms with Gasteiger partial charge in [0.1, 0.15) is 5.75 Å². The molecule has 3 aromatic carbocycles. The van der Waals surface area contributed by atoms with Crippen LogP contribution >= 0.6 is 11.6 Å². The van der Waals surface area contributed by atoms with Gasteiger partial charge >= 0.3 is 5.97 Å². The van der Waals surface area contributed by atoms with Gasteiger partial charge in [0.2, 0.25) is 0 Å². The quantitative estimate of drug-likeness (QED) is 0.287. The molecule has 0 saturated carbocycles. The van der Waals surface area contributed by atoms with E-state index in [4.69, 9.17) is 16.3 Å². The zero-order valence-electron chi connectivity index (χ0n) is 14.4. The molecule has 3 rings (SSSR count). The third-order valence-corrected chi connectivity index (χ3v) is 5.19. The molecular formula is C20H15ClN2O4S. The van der Waals surface area contributed by atoms with Crippen LogP contribution in [-0.4, -0.2) is 20.6 Å². The van der Waals surface area contributed by atoms with Crippen LogP contribution in [0.4, 0.5) is 0 Å². The topological polar surface area (TPSA) is 84.8 Å². The summed E-state index contributed by atoms with van der Waals surface area (Å²) in [4.78, 5) is 14.4. The molecule has 142 valence electrons. The third-order valence-electron chi connectivity index (χ3n) is 3.62. The van der Waals surface area contributed by atoms with Crippen LogP contribution in [0.15, 0.2) is 88.9 Å². The number of hydrogen-bond acceptors (Lipinski definition) is 5. The smallest absolute Gasteiger partial charge is 0.345 e. The number of esters is 1. The number of hydrazone groups is 1. The number of nitrogens with zero attached hydrogens (tertiary/aromatic N) is 1. The van der Waals surface area contributed by atoms with Crippen molar-refractivity contribution < 1.29 is 17.9 Å². The SMILES string of the molecule is O=C(Oc1ccc(/C=N\NS(=O)(=O)c2ccccc2)cc1)c1ccccc1Cl. The molecule has 0 unspecified atom stereocenters. The minimum atomic E-state index is -3.72. The lowest BCUT2D eigenvalue weighted by atomic mass is 10.2. The van der Waals surface area contributed by atoms with Gasteiger partial charge in [0.15, 0.2) is 0 Å². The number of nitrogens with one attached hydrogen (secondary N) is 1. The first-order chi connectivity index (χ1) is 13.5. The maximum atomic E-state index is 12.1. The molecule has 0 atom stereocenters. The zero-order valence-corrected chi connectivity index (χ0v) is 16.0. The van der Waals surface area contributed by atoms with Crippen molar-refractivity contribution in [2.45, 2.75) is 4.90 Å². The number of carbonyl (C=O) groups is 1. The Balaban J connectivity index is 1.62. The monoisotopic (exact) mass is 414 g/mol. The van der Waals surface area contributed by atoms with Crippen LogP contribution in [0.25, 0.3) is 0 Å². The van der Waals surface area contributed by atoms with Gasteiger partial charge in [-0.25, -0.2) is 9.63 Å². The van der Waals surface area contributed by atoms with E-state index in [-0.39, 0.29) is 10.5 Å². The summed E-state index contributed by atoms with van der Waals surface area (Å²) >= 11 is 5.97. The highest BCUT2D eigenvalue weighted by Crippen LogP contribution is 2.19. The number of halogens is 1. The van der Waals surface area contributed by atoms with Crippen molar-refractivity contribution in [3.63, 3.8) is 0 Å². The summed E-state index contributed by atoms with van der Waals surface area (Å²) in [6.45, 7) is 0. The fourth-order valence-electron chi connectivity index (χ4n) is 2.23. The number of hydrogen-bond donors (Lipinski definition) is 1. The van der Waals surface area contributed by atoms with E-state index in [1.54, 1.807) is 66.7 Å². The van der Waals surface area contributed by atoms with Crippen molar-refractivity contribution in [3.8, 4) is 5.75 Å². The number of benzene rings is 3. The van der Waals surface area contributed by atoms with Crippen LogP contribution in [0.1, 0.15) is 15.9 Å². The van der Waals surface area contributed by atoms with Crippen LogP contribution in [0.2, 0.25) is 5.02 Å². The summed E-state index contributed by atoms with van der Waals surface area (Å²) in [5, 5.41) is 4.06. The Kier molecular flexibility index (Phi) is 6.08. The third kappa shape index (κ3) is 4.97. The Labute approximate surface area is 167 Å². The standard InChI is InChI=1S/C20H15ClN2O4S/c21-19-9-5-4-8-18(19)20(24)27-16-12-10-15(11-13-16)14-22-23-28(25,26)17-6-2-1-3-7-17/h1-14,23H/b22-14-. The lowest BCUT2D eigenvalue weighted by Gasteiger charge is -2.06. The summed E-state index contributed by atoms with van der Waals surface area (Å²) in [6, 6.07) is 20.9. The Morgan fingerprint density at radius 2 is 1.57 bits per heavy atom. The van der Waals surface area contributed by atoms with Crippen LogP contribution in [-0.2, 0) is 10.0 Å².